The summed E-state index contributed by atoms with van der Waals surface area (Å²) >= 11 is 0. The first-order chi connectivity index (χ1) is 11.8. The number of carbonyl (C=O) groups excluding carboxylic acids is 2. The Balaban J connectivity index is 1.83. The number of benzene rings is 1. The molecule has 1 saturated heterocycles. The maximum atomic E-state index is 12.7. The highest BCUT2D eigenvalue weighted by atomic mass is 19.4. The molecule has 1 atom stereocenters. The molecule has 1 heterocycles. The maximum Gasteiger partial charge on any atom is 0.416 e. The van der Waals surface area contributed by atoms with Crippen LogP contribution in [0.3, 0.4) is 0 Å². The molecular weight excluding hydrogens is 337 g/mol. The minimum Gasteiger partial charge on any atom is -0.445 e. The van der Waals surface area contributed by atoms with E-state index in [1.54, 1.807) is 0 Å². The Morgan fingerprint density at radius 1 is 1.28 bits per heavy atom. The standard InChI is InChI=1S/C17H20F3N2O3/c1-13(5-10-23)21-6-8-22(9-7-21)16(24)25-12-14-3-2-4-15(11-14)17(18,19)20/h2-4,11,13H,5-9,12H2,1H3. The van der Waals surface area contributed by atoms with Crippen molar-refractivity contribution in [1.82, 2.24) is 9.80 Å². The smallest absolute Gasteiger partial charge is 0.416 e. The van der Waals surface area contributed by atoms with Crippen LogP contribution in [0.1, 0.15) is 24.5 Å². The number of carbonyl (C=O) groups is 1. The third-order valence-electron chi connectivity index (χ3n) is 4.19. The lowest BCUT2D eigenvalue weighted by molar-refractivity contribution is -0.137. The summed E-state index contributed by atoms with van der Waals surface area (Å²) < 4.78 is 43.1. The van der Waals surface area contributed by atoms with Gasteiger partial charge in [-0.05, 0) is 24.6 Å². The van der Waals surface area contributed by atoms with Crippen molar-refractivity contribution in [2.75, 3.05) is 26.2 Å². The summed E-state index contributed by atoms with van der Waals surface area (Å²) in [5.74, 6) is 0. The van der Waals surface area contributed by atoms with E-state index in [2.05, 4.69) is 4.90 Å². The highest BCUT2D eigenvalue weighted by Gasteiger charge is 2.30. The van der Waals surface area contributed by atoms with Crippen LogP contribution in [-0.2, 0) is 22.3 Å². The fraction of sp³-hybridized carbons (Fsp3) is 0.529. The molecule has 0 saturated carbocycles. The van der Waals surface area contributed by atoms with E-state index in [9.17, 15) is 22.8 Å². The summed E-state index contributed by atoms with van der Waals surface area (Å²) in [4.78, 5) is 26.1. The first-order valence-electron chi connectivity index (χ1n) is 7.98. The predicted molar refractivity (Wildman–Crippen MR) is 84.5 cm³/mol. The van der Waals surface area contributed by atoms with Crippen LogP contribution in [0.4, 0.5) is 18.0 Å². The zero-order chi connectivity index (χ0) is 18.4. The molecule has 1 aromatic carbocycles. The van der Waals surface area contributed by atoms with Gasteiger partial charge in [0.25, 0.3) is 0 Å². The second-order valence-corrected chi connectivity index (χ2v) is 5.97. The van der Waals surface area contributed by atoms with Gasteiger partial charge in [0.05, 0.1) is 5.56 Å². The van der Waals surface area contributed by atoms with Crippen LogP contribution >= 0.6 is 0 Å². The van der Waals surface area contributed by atoms with E-state index in [4.69, 9.17) is 4.74 Å². The monoisotopic (exact) mass is 357 g/mol. The van der Waals surface area contributed by atoms with Gasteiger partial charge in [0.1, 0.15) is 6.61 Å². The van der Waals surface area contributed by atoms with Crippen LogP contribution in [0.25, 0.3) is 0 Å². The average molecular weight is 357 g/mol. The van der Waals surface area contributed by atoms with Crippen LogP contribution in [0.15, 0.2) is 24.3 Å². The van der Waals surface area contributed by atoms with Crippen molar-refractivity contribution in [3.05, 3.63) is 35.4 Å². The van der Waals surface area contributed by atoms with Crippen molar-refractivity contribution in [2.45, 2.75) is 32.2 Å². The zero-order valence-corrected chi connectivity index (χ0v) is 13.9. The molecule has 1 unspecified atom stereocenters. The molecule has 1 radical (unpaired) electrons. The van der Waals surface area contributed by atoms with Crippen LogP contribution in [0.2, 0.25) is 0 Å². The summed E-state index contributed by atoms with van der Waals surface area (Å²) in [6.07, 6.45) is -2.78. The van der Waals surface area contributed by atoms with Crippen molar-refractivity contribution in [3.63, 3.8) is 0 Å². The fourth-order valence-corrected chi connectivity index (χ4v) is 2.67. The Morgan fingerprint density at radius 3 is 2.56 bits per heavy atom. The summed E-state index contributed by atoms with van der Waals surface area (Å²) in [6, 6.07) is 4.79. The molecule has 0 aromatic heterocycles. The Kier molecular flexibility index (Phi) is 6.41. The fourth-order valence-electron chi connectivity index (χ4n) is 2.67. The SMILES string of the molecule is CC(C[C]=O)N1CCN(C(=O)OCc2cccc(C(F)(F)F)c2)CC1. The van der Waals surface area contributed by atoms with E-state index in [1.165, 1.54) is 17.0 Å². The molecule has 0 aliphatic carbocycles. The van der Waals surface area contributed by atoms with Gasteiger partial charge in [0.2, 0.25) is 0 Å². The lowest BCUT2D eigenvalue weighted by Crippen LogP contribution is -2.51. The van der Waals surface area contributed by atoms with Gasteiger partial charge in [-0.25, -0.2) is 4.79 Å². The van der Waals surface area contributed by atoms with Crippen LogP contribution in [0.5, 0.6) is 0 Å². The Hall–Kier alpha value is -2.09. The predicted octanol–water partition coefficient (Wildman–Crippen LogP) is 2.85. The number of hydrogen-bond donors (Lipinski definition) is 0. The molecule has 0 spiro atoms. The normalized spacial score (nSPS) is 17.2. The second-order valence-electron chi connectivity index (χ2n) is 5.97. The van der Waals surface area contributed by atoms with Gasteiger partial charge in [-0.3, -0.25) is 9.69 Å². The van der Waals surface area contributed by atoms with E-state index in [0.29, 0.717) is 32.6 Å². The minimum atomic E-state index is -4.42. The number of amides is 1. The molecule has 2 rings (SSSR count). The van der Waals surface area contributed by atoms with Gasteiger partial charge in [-0.2, -0.15) is 13.2 Å². The lowest BCUT2D eigenvalue weighted by atomic mass is 10.1. The largest absolute Gasteiger partial charge is 0.445 e. The summed E-state index contributed by atoms with van der Waals surface area (Å²) in [5.41, 5.74) is -0.479. The average Bonchev–Trinajstić information content (AvgIpc) is 2.59. The van der Waals surface area contributed by atoms with Gasteiger partial charge in [0.15, 0.2) is 6.29 Å². The molecule has 0 N–H and O–H groups in total. The van der Waals surface area contributed by atoms with Gasteiger partial charge < -0.3 is 9.64 Å². The Morgan fingerprint density at radius 2 is 1.96 bits per heavy atom. The van der Waals surface area contributed by atoms with E-state index in [0.717, 1.165) is 12.1 Å². The second kappa shape index (κ2) is 8.33. The number of hydrogen-bond acceptors (Lipinski definition) is 4. The highest BCUT2D eigenvalue weighted by molar-refractivity contribution is 5.67. The Labute approximate surface area is 144 Å². The van der Waals surface area contributed by atoms with Gasteiger partial charge in [-0.15, -0.1) is 0 Å². The third-order valence-corrected chi connectivity index (χ3v) is 4.19. The number of alkyl halides is 3. The van der Waals surface area contributed by atoms with E-state index in [1.807, 2.05) is 13.2 Å². The molecular formula is C17H20F3N2O3. The molecule has 1 aliphatic rings. The molecule has 1 fully saturated rings. The highest BCUT2D eigenvalue weighted by Crippen LogP contribution is 2.29. The summed E-state index contributed by atoms with van der Waals surface area (Å²) in [6.45, 7) is 3.84. The molecule has 25 heavy (non-hydrogen) atoms. The number of rotatable bonds is 5. The van der Waals surface area contributed by atoms with Crippen molar-refractivity contribution in [1.29, 1.82) is 0 Å². The minimum absolute atomic E-state index is 0.0702. The van der Waals surface area contributed by atoms with Crippen molar-refractivity contribution < 1.29 is 27.5 Å². The number of piperazine rings is 1. The topological polar surface area (TPSA) is 49.9 Å². The Bertz CT molecular complexity index is 599. The molecule has 8 heteroatoms. The van der Waals surface area contributed by atoms with E-state index < -0.39 is 17.8 Å². The molecule has 1 aliphatic heterocycles. The molecule has 0 bridgehead atoms. The first-order valence-corrected chi connectivity index (χ1v) is 7.98. The van der Waals surface area contributed by atoms with Crippen LogP contribution in [0, 0.1) is 0 Å². The maximum absolute atomic E-state index is 12.7. The molecule has 137 valence electrons. The van der Waals surface area contributed by atoms with Gasteiger partial charge >= 0.3 is 12.3 Å². The van der Waals surface area contributed by atoms with Gasteiger partial charge in [-0.1, -0.05) is 12.1 Å². The van der Waals surface area contributed by atoms with E-state index in [-0.39, 0.29) is 18.2 Å². The van der Waals surface area contributed by atoms with Crippen LogP contribution in [-0.4, -0.2) is 54.4 Å². The number of halogens is 3. The lowest BCUT2D eigenvalue weighted by Gasteiger charge is -2.36. The summed E-state index contributed by atoms with van der Waals surface area (Å²) in [7, 11) is 0. The van der Waals surface area contributed by atoms with Gasteiger partial charge in [0, 0.05) is 38.6 Å². The first kappa shape index (κ1) is 19.2. The van der Waals surface area contributed by atoms with Crippen molar-refractivity contribution in [3.8, 4) is 0 Å². The van der Waals surface area contributed by atoms with Crippen LogP contribution < -0.4 is 0 Å². The zero-order valence-electron chi connectivity index (χ0n) is 13.9. The third kappa shape index (κ3) is 5.45. The molecule has 1 aromatic rings. The summed E-state index contributed by atoms with van der Waals surface area (Å²) in [5, 5.41) is 0. The van der Waals surface area contributed by atoms with Crippen molar-refractivity contribution in [2.24, 2.45) is 0 Å². The number of nitrogens with zero attached hydrogens (tertiary/aromatic N) is 2. The molecule has 5 nitrogen and oxygen atoms in total. The van der Waals surface area contributed by atoms with E-state index >= 15 is 0 Å². The molecule has 1 amide bonds. The number of ether oxygens (including phenoxy) is 1. The quantitative estimate of drug-likeness (QED) is 0.813. The van der Waals surface area contributed by atoms with Crippen molar-refractivity contribution >= 4 is 12.4 Å².